The Morgan fingerprint density at radius 2 is 1.69 bits per heavy atom. The van der Waals surface area contributed by atoms with Gasteiger partial charge in [-0.1, -0.05) is 62.4 Å². The van der Waals surface area contributed by atoms with Gasteiger partial charge in [0.1, 0.15) is 4.83 Å². The number of furan rings is 1. The van der Waals surface area contributed by atoms with Gasteiger partial charge >= 0.3 is 0 Å². The minimum atomic E-state index is -2.32. The summed E-state index contributed by atoms with van der Waals surface area (Å²) in [4.78, 5) is 15.1. The Bertz CT molecular complexity index is 2340. The Kier molecular flexibility index (Phi) is 7.64. The molecule has 5 heterocycles. The summed E-state index contributed by atoms with van der Waals surface area (Å²) >= 11 is 1.48. The van der Waals surface area contributed by atoms with Crippen molar-refractivity contribution in [1.29, 1.82) is 0 Å². The molecule has 0 amide bonds. The van der Waals surface area contributed by atoms with Crippen LogP contribution in [0.25, 0.3) is 54.8 Å². The van der Waals surface area contributed by atoms with Crippen LogP contribution >= 0.6 is 11.3 Å². The molecule has 0 spiro atoms. The molecule has 231 valence electrons. The predicted octanol–water partition coefficient (Wildman–Crippen LogP) is 10.7. The van der Waals surface area contributed by atoms with E-state index in [1.54, 1.807) is 12.1 Å². The number of aryl methyl sites for hydroxylation is 5. The van der Waals surface area contributed by atoms with Gasteiger partial charge in [-0.3, -0.25) is 4.98 Å². The summed E-state index contributed by atoms with van der Waals surface area (Å²) < 4.78 is 46.5. The van der Waals surface area contributed by atoms with E-state index in [0.29, 0.717) is 22.4 Å². The molecule has 0 aliphatic heterocycles. The summed E-state index contributed by atoms with van der Waals surface area (Å²) in [5.41, 5.74) is 7.99. The first kappa shape index (κ1) is 26.5. The topological polar surface area (TPSA) is 51.8 Å². The Labute approximate surface area is 290 Å². The maximum atomic E-state index is 8.78. The van der Waals surface area contributed by atoms with E-state index in [1.807, 2.05) is 58.2 Å². The fraction of sp³-hybridized carbons (Fsp3) is 0.256. The Hall–Kier alpha value is -3.70. The van der Waals surface area contributed by atoms with E-state index in [-0.39, 0.29) is 31.5 Å². The second kappa shape index (κ2) is 13.0. The molecule has 0 fully saturated rings. The first-order chi connectivity index (χ1) is 23.0. The van der Waals surface area contributed by atoms with E-state index in [0.717, 1.165) is 37.1 Å². The summed E-state index contributed by atoms with van der Waals surface area (Å²) in [5.74, 6) is 0. The van der Waals surface area contributed by atoms with E-state index in [2.05, 4.69) is 61.1 Å². The average Bonchev–Trinajstić information content (AvgIpc) is 3.58. The van der Waals surface area contributed by atoms with Crippen LogP contribution in [-0.4, -0.2) is 15.0 Å². The Morgan fingerprint density at radius 3 is 2.40 bits per heavy atom. The summed E-state index contributed by atoms with van der Waals surface area (Å²) in [6, 6.07) is 25.4. The summed E-state index contributed by atoms with van der Waals surface area (Å²) in [5, 5.41) is 2.35. The molecule has 45 heavy (non-hydrogen) atoms. The number of hydrogen-bond donors (Lipinski definition) is 0. The van der Waals surface area contributed by atoms with Crippen molar-refractivity contribution in [3.8, 4) is 22.5 Å². The fourth-order valence-corrected chi connectivity index (χ4v) is 5.99. The zero-order chi connectivity index (χ0) is 35.5. The van der Waals surface area contributed by atoms with Crippen LogP contribution in [0.15, 0.2) is 71.3 Å². The predicted molar refractivity (Wildman–Crippen MR) is 184 cm³/mol. The molecular formula is C39H37IrN3OS-2. The maximum Gasteiger partial charge on any atom is 0.216 e. The number of fused-ring (bicyclic) bond motifs is 4. The number of hydrogen-bond acceptors (Lipinski definition) is 5. The van der Waals surface area contributed by atoms with Crippen molar-refractivity contribution in [2.75, 3.05) is 0 Å². The standard InChI is InChI=1S/C25H23N2OS.C14H14N.Ir/c1-14-9-10-17-16-7-6-8-19(22(16)28-23(17)26-14)21-12-11-18-20(13-25(3,4)5)15(2)29-24(18)27-21;1-10-4-6-13(7-5-10)14-8-11(2)12(3)9-15-14;/h6-7,9-12H,13H2,1-5H3;4-6,8-9H,1-3H3;/q2*-1;/i1D3,13D2;;. The molecule has 2 aromatic carbocycles. The van der Waals surface area contributed by atoms with Gasteiger partial charge in [-0.15, -0.1) is 64.9 Å². The maximum absolute atomic E-state index is 8.78. The third kappa shape index (κ3) is 6.94. The van der Waals surface area contributed by atoms with E-state index >= 15 is 0 Å². The molecule has 5 aromatic heterocycles. The van der Waals surface area contributed by atoms with Crippen LogP contribution in [0.3, 0.4) is 0 Å². The number of rotatable bonds is 3. The summed E-state index contributed by atoms with van der Waals surface area (Å²) in [6.07, 6.45) is 0.397. The van der Waals surface area contributed by atoms with Crippen LogP contribution in [0.2, 0.25) is 0 Å². The van der Waals surface area contributed by atoms with Crippen molar-refractivity contribution in [2.24, 2.45) is 5.41 Å². The molecule has 7 aromatic rings. The van der Waals surface area contributed by atoms with Gasteiger partial charge < -0.3 is 9.40 Å². The molecule has 7 rings (SSSR count). The second-order valence-corrected chi connectivity index (χ2v) is 13.3. The number of thiophene rings is 1. The fourth-order valence-electron chi connectivity index (χ4n) is 5.01. The molecule has 0 atom stereocenters. The Morgan fingerprint density at radius 1 is 0.889 bits per heavy atom. The normalized spacial score (nSPS) is 13.7. The van der Waals surface area contributed by atoms with Gasteiger partial charge in [0.25, 0.3) is 0 Å². The largest absolute Gasteiger partial charge is 0.486 e. The van der Waals surface area contributed by atoms with E-state index in [1.165, 1.54) is 34.1 Å². The van der Waals surface area contributed by atoms with Crippen LogP contribution in [-0.2, 0) is 26.5 Å². The zero-order valence-electron chi connectivity index (χ0n) is 31.3. The van der Waals surface area contributed by atoms with E-state index < -0.39 is 18.6 Å². The quantitative estimate of drug-likeness (QED) is 0.167. The molecule has 0 saturated heterocycles. The van der Waals surface area contributed by atoms with Gasteiger partial charge in [-0.05, 0) is 74.1 Å². The van der Waals surface area contributed by atoms with Crippen molar-refractivity contribution in [1.82, 2.24) is 15.0 Å². The smallest absolute Gasteiger partial charge is 0.216 e. The molecule has 0 aliphatic carbocycles. The molecule has 0 unspecified atom stereocenters. The molecule has 1 radical (unpaired) electrons. The van der Waals surface area contributed by atoms with Crippen molar-refractivity contribution >= 4 is 43.6 Å². The minimum Gasteiger partial charge on any atom is -0.486 e. The van der Waals surface area contributed by atoms with Crippen molar-refractivity contribution in [3.63, 3.8) is 0 Å². The molecule has 0 aliphatic rings. The monoisotopic (exact) mass is 793 g/mol. The van der Waals surface area contributed by atoms with Crippen LogP contribution in [0.1, 0.15) is 60.4 Å². The Balaban J connectivity index is 0.000000255. The first-order valence-corrected chi connectivity index (χ1v) is 15.3. The van der Waals surface area contributed by atoms with Gasteiger partial charge in [-0.2, -0.15) is 0 Å². The van der Waals surface area contributed by atoms with Gasteiger partial charge in [-0.25, -0.2) is 4.98 Å². The van der Waals surface area contributed by atoms with Crippen molar-refractivity contribution < 1.29 is 31.4 Å². The van der Waals surface area contributed by atoms with Gasteiger partial charge in [0, 0.05) is 54.5 Å². The molecular weight excluding hydrogens is 751 g/mol. The number of pyridine rings is 3. The van der Waals surface area contributed by atoms with Gasteiger partial charge in [0.05, 0.1) is 5.58 Å². The summed E-state index contributed by atoms with van der Waals surface area (Å²) in [6.45, 7) is 11.6. The van der Waals surface area contributed by atoms with E-state index in [9.17, 15) is 0 Å². The first-order valence-electron chi connectivity index (χ1n) is 17.0. The second-order valence-electron chi connectivity index (χ2n) is 12.1. The van der Waals surface area contributed by atoms with Crippen LogP contribution < -0.4 is 0 Å². The molecule has 6 heteroatoms. The molecule has 4 nitrogen and oxygen atoms in total. The van der Waals surface area contributed by atoms with Gasteiger partial charge in [0.15, 0.2) is 0 Å². The molecule has 0 saturated carbocycles. The van der Waals surface area contributed by atoms with Gasteiger partial charge in [0.2, 0.25) is 5.71 Å². The average molecular weight is 793 g/mol. The number of aromatic nitrogens is 3. The van der Waals surface area contributed by atoms with Crippen molar-refractivity contribution in [3.05, 3.63) is 112 Å². The minimum absolute atomic E-state index is 0. The summed E-state index contributed by atoms with van der Waals surface area (Å²) in [7, 11) is 0. The van der Waals surface area contributed by atoms with Crippen LogP contribution in [0.5, 0.6) is 0 Å². The number of benzene rings is 2. The van der Waals surface area contributed by atoms with Crippen LogP contribution in [0, 0.1) is 52.1 Å². The molecule has 0 N–H and O–H groups in total. The zero-order valence-corrected chi connectivity index (χ0v) is 29.6. The van der Waals surface area contributed by atoms with Crippen LogP contribution in [0.4, 0.5) is 0 Å². The van der Waals surface area contributed by atoms with Crippen molar-refractivity contribution in [2.45, 2.75) is 61.7 Å². The molecule has 0 bridgehead atoms. The third-order valence-electron chi connectivity index (χ3n) is 7.40. The number of nitrogens with zero attached hydrogens (tertiary/aromatic N) is 3. The third-order valence-corrected chi connectivity index (χ3v) is 8.42. The SMILES string of the molecule is Cc1c[c-]c(-c2cc(C)c(C)cn2)cc1.[2H]C([2H])([2H])c1ccc2c(n1)oc1c(-c3ccc4c(C([2H])([2H])C(C)(C)C)c(C)sc4n3)[c-]ccc12.[Ir]. The van der Waals surface area contributed by atoms with E-state index in [4.69, 9.17) is 16.3 Å².